The van der Waals surface area contributed by atoms with E-state index in [9.17, 15) is 13.6 Å². The van der Waals surface area contributed by atoms with Gasteiger partial charge in [0.25, 0.3) is 5.91 Å². The molecule has 0 aliphatic carbocycles. The number of halogens is 3. The summed E-state index contributed by atoms with van der Waals surface area (Å²) in [5.74, 6) is -1.85. The Morgan fingerprint density at radius 1 is 1.32 bits per heavy atom. The van der Waals surface area contributed by atoms with E-state index in [1.165, 1.54) is 0 Å². The van der Waals surface area contributed by atoms with Crippen LogP contribution in [0, 0.1) is 17.6 Å². The third kappa shape index (κ3) is 4.46. The predicted octanol–water partition coefficient (Wildman–Crippen LogP) is 3.74. The molecule has 0 heterocycles. The molecule has 0 aromatic heterocycles. The van der Waals surface area contributed by atoms with E-state index in [0.29, 0.717) is 12.0 Å². The van der Waals surface area contributed by atoms with E-state index in [0.717, 1.165) is 25.0 Å². The molecule has 0 spiro atoms. The van der Waals surface area contributed by atoms with Gasteiger partial charge in [-0.1, -0.05) is 26.7 Å². The first-order chi connectivity index (χ1) is 8.99. The summed E-state index contributed by atoms with van der Waals surface area (Å²) in [5, 5.41) is 2.38. The lowest BCUT2D eigenvalue weighted by atomic mass is 9.99. The summed E-state index contributed by atoms with van der Waals surface area (Å²) in [7, 11) is 0. The Hall–Kier alpha value is -1.16. The van der Waals surface area contributed by atoms with Crippen LogP contribution < -0.4 is 5.32 Å². The number of hydrogen-bond donors (Lipinski definition) is 1. The van der Waals surface area contributed by atoms with Crippen LogP contribution in [0.15, 0.2) is 18.2 Å². The quantitative estimate of drug-likeness (QED) is 0.794. The summed E-state index contributed by atoms with van der Waals surface area (Å²) < 4.78 is 26.1. The van der Waals surface area contributed by atoms with Crippen molar-refractivity contribution in [2.24, 2.45) is 5.92 Å². The number of alkyl halides is 1. The summed E-state index contributed by atoms with van der Waals surface area (Å²) in [5.41, 5.74) is -0.171. The maximum Gasteiger partial charge on any atom is 0.254 e. The van der Waals surface area contributed by atoms with E-state index < -0.39 is 17.5 Å². The second kappa shape index (κ2) is 7.43. The van der Waals surface area contributed by atoms with Gasteiger partial charge < -0.3 is 5.32 Å². The molecule has 0 bridgehead atoms. The average Bonchev–Trinajstić information content (AvgIpc) is 2.37. The minimum Gasteiger partial charge on any atom is -0.350 e. The zero-order valence-electron chi connectivity index (χ0n) is 11.1. The molecule has 0 saturated heterocycles. The molecule has 0 aliphatic heterocycles. The average molecular weight is 290 g/mol. The lowest BCUT2D eigenvalue weighted by Gasteiger charge is -2.19. The summed E-state index contributed by atoms with van der Waals surface area (Å²) >= 11 is 6.18. The molecule has 1 atom stereocenters. The van der Waals surface area contributed by atoms with Crippen molar-refractivity contribution >= 4 is 17.5 Å². The van der Waals surface area contributed by atoms with Crippen LogP contribution in [0.5, 0.6) is 0 Å². The van der Waals surface area contributed by atoms with Crippen molar-refractivity contribution < 1.29 is 13.6 Å². The van der Waals surface area contributed by atoms with Crippen molar-refractivity contribution in [3.05, 3.63) is 35.4 Å². The van der Waals surface area contributed by atoms with Crippen molar-refractivity contribution in [1.82, 2.24) is 5.32 Å². The van der Waals surface area contributed by atoms with Gasteiger partial charge in [0.05, 0.1) is 10.9 Å². The highest BCUT2D eigenvalue weighted by molar-refractivity contribution is 6.21. The summed E-state index contributed by atoms with van der Waals surface area (Å²) in [4.78, 5) is 11.7. The normalized spacial score (nSPS) is 12.5. The molecule has 1 rings (SSSR count). The molecule has 5 heteroatoms. The highest BCUT2D eigenvalue weighted by Crippen LogP contribution is 2.18. The number of hydrogen-bond acceptors (Lipinski definition) is 1. The minimum absolute atomic E-state index is 0.171. The van der Waals surface area contributed by atoms with Gasteiger partial charge in [-0.25, -0.2) is 8.78 Å². The smallest absolute Gasteiger partial charge is 0.254 e. The third-order valence-corrected chi connectivity index (χ3v) is 3.70. The fourth-order valence-corrected chi connectivity index (χ4v) is 2.36. The molecule has 19 heavy (non-hydrogen) atoms. The van der Waals surface area contributed by atoms with Crippen LogP contribution in [-0.2, 0) is 0 Å². The van der Waals surface area contributed by atoms with Crippen LogP contribution >= 0.6 is 11.6 Å². The number of amides is 1. The highest BCUT2D eigenvalue weighted by atomic mass is 35.5. The van der Waals surface area contributed by atoms with Gasteiger partial charge in [0.2, 0.25) is 0 Å². The first kappa shape index (κ1) is 15.9. The van der Waals surface area contributed by atoms with E-state index in [-0.39, 0.29) is 17.5 Å². The first-order valence-electron chi connectivity index (χ1n) is 6.36. The second-order valence-electron chi connectivity index (χ2n) is 4.43. The Morgan fingerprint density at radius 2 is 1.95 bits per heavy atom. The van der Waals surface area contributed by atoms with Gasteiger partial charge in [-0.05, 0) is 18.1 Å². The fourth-order valence-electron chi connectivity index (χ4n) is 1.93. The number of nitrogens with one attached hydrogen (secondary N) is 1. The van der Waals surface area contributed by atoms with Crippen molar-refractivity contribution in [2.75, 3.05) is 6.54 Å². The molecular weight excluding hydrogens is 272 g/mol. The molecule has 1 unspecified atom stereocenters. The van der Waals surface area contributed by atoms with Crippen LogP contribution in [0.2, 0.25) is 0 Å². The number of carbonyl (C=O) groups is 1. The molecular formula is C14H18ClF2NO. The van der Waals surface area contributed by atoms with Gasteiger partial charge in [-0.3, -0.25) is 4.79 Å². The first-order valence-corrected chi connectivity index (χ1v) is 6.80. The van der Waals surface area contributed by atoms with Crippen molar-refractivity contribution in [3.63, 3.8) is 0 Å². The van der Waals surface area contributed by atoms with E-state index in [1.54, 1.807) is 0 Å². The summed E-state index contributed by atoms with van der Waals surface area (Å²) in [6.07, 6.45) is 1.84. The third-order valence-electron chi connectivity index (χ3n) is 3.19. The molecule has 0 saturated carbocycles. The Labute approximate surface area is 117 Å². The fraction of sp³-hybridized carbons (Fsp3) is 0.500. The Balaban J connectivity index is 2.60. The number of rotatable bonds is 6. The lowest BCUT2D eigenvalue weighted by molar-refractivity contribution is 0.0947. The summed E-state index contributed by atoms with van der Waals surface area (Å²) in [6.45, 7) is 4.33. The van der Waals surface area contributed by atoms with Crippen LogP contribution in [0.25, 0.3) is 0 Å². The number of carbonyl (C=O) groups excluding carboxylic acids is 1. The molecule has 1 aromatic carbocycles. The maximum atomic E-state index is 13.4. The Morgan fingerprint density at radius 3 is 2.47 bits per heavy atom. The second-order valence-corrected chi connectivity index (χ2v) is 4.99. The number of benzene rings is 1. The van der Waals surface area contributed by atoms with E-state index >= 15 is 0 Å². The Kier molecular flexibility index (Phi) is 6.22. The van der Waals surface area contributed by atoms with E-state index in [4.69, 9.17) is 11.6 Å². The molecule has 1 aromatic rings. The molecule has 1 amide bonds. The Bertz CT molecular complexity index is 435. The van der Waals surface area contributed by atoms with Crippen LogP contribution in [0.3, 0.4) is 0 Å². The molecule has 0 aliphatic rings. The molecule has 106 valence electrons. The summed E-state index contributed by atoms with van der Waals surface area (Å²) in [6, 6.07) is 2.87. The van der Waals surface area contributed by atoms with E-state index in [2.05, 4.69) is 5.32 Å². The lowest BCUT2D eigenvalue weighted by Crippen LogP contribution is -2.33. The molecule has 1 N–H and O–H groups in total. The molecule has 2 nitrogen and oxygen atoms in total. The SMILES string of the molecule is CCC(CC)C(Cl)CNC(=O)c1ccc(F)cc1F. The zero-order valence-corrected chi connectivity index (χ0v) is 11.8. The maximum absolute atomic E-state index is 13.4. The predicted molar refractivity (Wildman–Crippen MR) is 72.4 cm³/mol. The highest BCUT2D eigenvalue weighted by Gasteiger charge is 2.18. The minimum atomic E-state index is -0.869. The molecule has 0 fully saturated rings. The van der Waals surface area contributed by atoms with Crippen LogP contribution in [0.4, 0.5) is 8.78 Å². The van der Waals surface area contributed by atoms with Gasteiger partial charge in [0, 0.05) is 12.6 Å². The van der Waals surface area contributed by atoms with Gasteiger partial charge in [0.1, 0.15) is 11.6 Å². The van der Waals surface area contributed by atoms with Crippen molar-refractivity contribution in [1.29, 1.82) is 0 Å². The van der Waals surface area contributed by atoms with Crippen molar-refractivity contribution in [2.45, 2.75) is 32.1 Å². The van der Waals surface area contributed by atoms with Crippen LogP contribution in [-0.4, -0.2) is 17.8 Å². The standard InChI is InChI=1S/C14H18ClF2NO/c1-3-9(4-2)12(15)8-18-14(19)11-6-5-10(16)7-13(11)17/h5-7,9,12H,3-4,8H2,1-2H3,(H,18,19). The van der Waals surface area contributed by atoms with Gasteiger partial charge in [-0.15, -0.1) is 11.6 Å². The van der Waals surface area contributed by atoms with Gasteiger partial charge >= 0.3 is 0 Å². The molecule has 0 radical (unpaired) electrons. The van der Waals surface area contributed by atoms with Crippen molar-refractivity contribution in [3.8, 4) is 0 Å². The van der Waals surface area contributed by atoms with Gasteiger partial charge in [-0.2, -0.15) is 0 Å². The monoisotopic (exact) mass is 289 g/mol. The zero-order chi connectivity index (χ0) is 14.4. The van der Waals surface area contributed by atoms with Crippen LogP contribution in [0.1, 0.15) is 37.0 Å². The topological polar surface area (TPSA) is 29.1 Å². The largest absolute Gasteiger partial charge is 0.350 e. The van der Waals surface area contributed by atoms with Gasteiger partial charge in [0.15, 0.2) is 0 Å². The van der Waals surface area contributed by atoms with E-state index in [1.807, 2.05) is 13.8 Å².